The lowest BCUT2D eigenvalue weighted by atomic mass is 9.68. The molecule has 3 heterocycles. The summed E-state index contributed by atoms with van der Waals surface area (Å²) in [4.78, 5) is 41.3. The molecule has 6 atom stereocenters. The normalized spacial score (nSPS) is 34.6. The Labute approximate surface area is 227 Å². The van der Waals surface area contributed by atoms with Gasteiger partial charge in [-0.1, -0.05) is 32.4 Å². The van der Waals surface area contributed by atoms with Crippen LogP contribution in [0.15, 0.2) is 11.6 Å². The number of hydrogen-bond donors (Lipinski definition) is 0. The van der Waals surface area contributed by atoms with Crippen molar-refractivity contribution in [1.82, 2.24) is 9.80 Å². The SMILES string of the molecule is CO[C@H]1[C@H](C2(C)O[C@@H]2CC=C(C)C)[C@]2(CC[C@H]1OC(=O)N1CCN(C(=O)CCC(=O)C(C)(C)C)CC1)CO2. The first-order valence-electron chi connectivity index (χ1n) is 14.1. The molecule has 4 fully saturated rings. The molecule has 9 nitrogen and oxygen atoms in total. The van der Waals surface area contributed by atoms with E-state index in [0.29, 0.717) is 39.2 Å². The minimum absolute atomic E-state index is 0.0209. The molecular formula is C29H46N2O7. The first kappa shape index (κ1) is 29.0. The predicted molar refractivity (Wildman–Crippen MR) is 142 cm³/mol. The maximum atomic E-state index is 13.2. The van der Waals surface area contributed by atoms with Gasteiger partial charge in [0.1, 0.15) is 29.2 Å². The van der Waals surface area contributed by atoms with Crippen molar-refractivity contribution in [2.24, 2.45) is 11.3 Å². The van der Waals surface area contributed by atoms with Gasteiger partial charge in [0.15, 0.2) is 0 Å². The number of ketones is 1. The standard InChI is InChI=1S/C29H46N2O7/c1-19(2)8-10-22-28(6,38-22)25-24(35-7)20(12-13-29(25)18-36-29)37-26(34)31-16-14-30(15-17-31)23(33)11-9-21(32)27(3,4)5/h8,20,22,24-25H,9-18H2,1-7H3/t20-,22-,24-,25-,28?,29+/m1/s1. The molecule has 3 saturated heterocycles. The third-order valence-corrected chi connectivity index (χ3v) is 8.78. The van der Waals surface area contributed by atoms with Crippen molar-refractivity contribution in [1.29, 1.82) is 0 Å². The minimum Gasteiger partial charge on any atom is -0.443 e. The molecule has 0 radical (unpaired) electrons. The number of hydrogen-bond acceptors (Lipinski definition) is 7. The number of piperazine rings is 1. The fourth-order valence-corrected chi connectivity index (χ4v) is 6.17. The Bertz CT molecular complexity index is 941. The van der Waals surface area contributed by atoms with Crippen LogP contribution >= 0.6 is 0 Å². The number of nitrogens with zero attached hydrogens (tertiary/aromatic N) is 2. The van der Waals surface area contributed by atoms with Crippen molar-refractivity contribution >= 4 is 17.8 Å². The molecule has 38 heavy (non-hydrogen) atoms. The second-order valence-electron chi connectivity index (χ2n) is 12.8. The number of methoxy groups -OCH3 is 1. The van der Waals surface area contributed by atoms with Crippen LogP contribution in [0.3, 0.4) is 0 Å². The Morgan fingerprint density at radius 1 is 1.05 bits per heavy atom. The third kappa shape index (κ3) is 6.10. The number of allylic oxidation sites excluding steroid dienone is 1. The van der Waals surface area contributed by atoms with Crippen LogP contribution in [0.2, 0.25) is 0 Å². The van der Waals surface area contributed by atoms with E-state index >= 15 is 0 Å². The monoisotopic (exact) mass is 534 g/mol. The van der Waals surface area contributed by atoms with E-state index in [9.17, 15) is 14.4 Å². The molecule has 0 aromatic rings. The van der Waals surface area contributed by atoms with Gasteiger partial charge in [-0.2, -0.15) is 0 Å². The van der Waals surface area contributed by atoms with Gasteiger partial charge in [-0.15, -0.1) is 0 Å². The van der Waals surface area contributed by atoms with Crippen LogP contribution in [-0.2, 0) is 28.5 Å². The number of epoxide rings is 2. The topological polar surface area (TPSA) is 101 Å². The second kappa shape index (κ2) is 10.9. The number of Topliss-reactive ketones (excluding diaryl/α,β-unsaturated/α-hetero) is 1. The molecule has 1 unspecified atom stereocenters. The molecule has 1 spiro atoms. The zero-order valence-electron chi connectivity index (χ0n) is 24.2. The van der Waals surface area contributed by atoms with Crippen LogP contribution in [0, 0.1) is 11.3 Å². The average Bonchev–Trinajstić information content (AvgIpc) is 3.78. The van der Waals surface area contributed by atoms with Crippen molar-refractivity contribution in [2.75, 3.05) is 39.9 Å². The van der Waals surface area contributed by atoms with Gasteiger partial charge in [-0.3, -0.25) is 9.59 Å². The van der Waals surface area contributed by atoms with Crippen molar-refractivity contribution in [3.05, 3.63) is 11.6 Å². The highest BCUT2D eigenvalue weighted by atomic mass is 16.6. The van der Waals surface area contributed by atoms with E-state index in [1.807, 2.05) is 20.8 Å². The number of carbonyl (C=O) groups excluding carboxylic acids is 3. The van der Waals surface area contributed by atoms with Crippen LogP contribution < -0.4 is 0 Å². The Morgan fingerprint density at radius 2 is 1.68 bits per heavy atom. The average molecular weight is 535 g/mol. The van der Waals surface area contributed by atoms with E-state index in [1.165, 1.54) is 5.57 Å². The summed E-state index contributed by atoms with van der Waals surface area (Å²) in [6.07, 6.45) is 4.00. The van der Waals surface area contributed by atoms with E-state index in [1.54, 1.807) is 16.9 Å². The van der Waals surface area contributed by atoms with Crippen LogP contribution in [0.25, 0.3) is 0 Å². The maximum Gasteiger partial charge on any atom is 0.410 e. The van der Waals surface area contributed by atoms with Gasteiger partial charge in [0.2, 0.25) is 5.91 Å². The van der Waals surface area contributed by atoms with Gasteiger partial charge >= 0.3 is 6.09 Å². The van der Waals surface area contributed by atoms with Gasteiger partial charge in [0.05, 0.1) is 18.6 Å². The predicted octanol–water partition coefficient (Wildman–Crippen LogP) is 3.74. The number of ether oxygens (including phenoxy) is 4. The largest absolute Gasteiger partial charge is 0.443 e. The summed E-state index contributed by atoms with van der Waals surface area (Å²) in [7, 11) is 1.67. The van der Waals surface area contributed by atoms with Crippen molar-refractivity contribution in [3.8, 4) is 0 Å². The molecule has 0 aromatic carbocycles. The quantitative estimate of drug-likeness (QED) is 0.345. The van der Waals surface area contributed by atoms with E-state index in [4.69, 9.17) is 18.9 Å². The zero-order valence-corrected chi connectivity index (χ0v) is 24.2. The molecule has 3 aliphatic heterocycles. The lowest BCUT2D eigenvalue weighted by Gasteiger charge is -2.43. The molecular weight excluding hydrogens is 488 g/mol. The fourth-order valence-electron chi connectivity index (χ4n) is 6.17. The highest BCUT2D eigenvalue weighted by Gasteiger charge is 2.72. The Hall–Kier alpha value is -1.97. The molecule has 2 amide bonds. The maximum absolute atomic E-state index is 13.2. The molecule has 1 aliphatic carbocycles. The van der Waals surface area contributed by atoms with E-state index in [2.05, 4.69) is 26.8 Å². The van der Waals surface area contributed by atoms with Crippen LogP contribution in [-0.4, -0.2) is 97.0 Å². The molecule has 4 rings (SSSR count). The molecule has 1 saturated carbocycles. The Kier molecular flexibility index (Phi) is 8.32. The van der Waals surface area contributed by atoms with Gasteiger partial charge in [-0.05, 0) is 40.0 Å². The van der Waals surface area contributed by atoms with Gasteiger partial charge in [0, 0.05) is 51.5 Å². The number of amides is 2. The summed E-state index contributed by atoms with van der Waals surface area (Å²) in [5.74, 6) is 0.0197. The molecule has 0 bridgehead atoms. The summed E-state index contributed by atoms with van der Waals surface area (Å²) in [5, 5.41) is 0. The second-order valence-corrected chi connectivity index (χ2v) is 12.8. The lowest BCUT2D eigenvalue weighted by molar-refractivity contribution is -0.136. The summed E-state index contributed by atoms with van der Waals surface area (Å²) >= 11 is 0. The van der Waals surface area contributed by atoms with E-state index in [0.717, 1.165) is 12.8 Å². The smallest absolute Gasteiger partial charge is 0.410 e. The summed E-state index contributed by atoms with van der Waals surface area (Å²) < 4.78 is 24.3. The van der Waals surface area contributed by atoms with Crippen LogP contribution in [0.5, 0.6) is 0 Å². The van der Waals surface area contributed by atoms with Crippen LogP contribution in [0.1, 0.15) is 73.6 Å². The molecule has 0 N–H and O–H groups in total. The molecule has 0 aromatic heterocycles. The van der Waals surface area contributed by atoms with E-state index in [-0.39, 0.29) is 66.1 Å². The molecule has 4 aliphatic rings. The third-order valence-electron chi connectivity index (χ3n) is 8.78. The molecule has 9 heteroatoms. The Balaban J connectivity index is 1.31. The highest BCUT2D eigenvalue weighted by Crippen LogP contribution is 2.59. The van der Waals surface area contributed by atoms with Crippen molar-refractivity contribution in [3.63, 3.8) is 0 Å². The minimum atomic E-state index is -0.443. The lowest BCUT2D eigenvalue weighted by Crippen LogP contribution is -2.57. The van der Waals surface area contributed by atoms with Crippen molar-refractivity contribution < 1.29 is 33.3 Å². The summed E-state index contributed by atoms with van der Waals surface area (Å²) in [6.45, 7) is 14.3. The fraction of sp³-hybridized carbons (Fsp3) is 0.828. The highest BCUT2D eigenvalue weighted by molar-refractivity contribution is 5.88. The molecule has 214 valence electrons. The number of rotatable bonds is 8. The first-order chi connectivity index (χ1) is 17.8. The Morgan fingerprint density at radius 3 is 2.24 bits per heavy atom. The first-order valence-corrected chi connectivity index (χ1v) is 14.1. The summed E-state index contributed by atoms with van der Waals surface area (Å²) in [5.41, 5.74) is 0.175. The van der Waals surface area contributed by atoms with Gasteiger partial charge in [0.25, 0.3) is 0 Å². The van der Waals surface area contributed by atoms with Crippen LogP contribution in [0.4, 0.5) is 4.79 Å². The van der Waals surface area contributed by atoms with Gasteiger partial charge < -0.3 is 28.7 Å². The van der Waals surface area contributed by atoms with Crippen molar-refractivity contribution in [2.45, 2.75) is 103 Å². The van der Waals surface area contributed by atoms with Gasteiger partial charge in [-0.25, -0.2) is 4.79 Å². The number of carbonyl (C=O) groups is 3. The van der Waals surface area contributed by atoms with E-state index < -0.39 is 5.41 Å². The zero-order chi connectivity index (χ0) is 27.9. The summed E-state index contributed by atoms with van der Waals surface area (Å²) in [6, 6.07) is 0.